The Morgan fingerprint density at radius 1 is 1.47 bits per heavy atom. The Labute approximate surface area is 109 Å². The first-order chi connectivity index (χ1) is 8.05. The largest absolute Gasteiger partial charge is 0.387 e. The third-order valence-corrected chi connectivity index (χ3v) is 5.12. The summed E-state index contributed by atoms with van der Waals surface area (Å²) < 4.78 is 0. The molecule has 2 aromatic heterocycles. The Morgan fingerprint density at radius 3 is 3.00 bits per heavy atom. The Kier molecular flexibility index (Phi) is 2.61. The molecule has 0 amide bonds. The first-order valence-corrected chi connectivity index (χ1v) is 7.51. The van der Waals surface area contributed by atoms with Crippen LogP contribution in [0.5, 0.6) is 0 Å². The number of nitrogens with zero attached hydrogens (tertiary/aromatic N) is 1. The number of rotatable bonds is 1. The highest BCUT2D eigenvalue weighted by molar-refractivity contribution is 7.15. The highest BCUT2D eigenvalue weighted by atomic mass is 32.1. The Morgan fingerprint density at radius 2 is 2.29 bits per heavy atom. The zero-order valence-corrected chi connectivity index (χ0v) is 11.6. The molecule has 1 N–H and O–H groups in total. The predicted molar refractivity (Wildman–Crippen MR) is 72.5 cm³/mol. The minimum absolute atomic E-state index is 0.159. The van der Waals surface area contributed by atoms with E-state index in [0.29, 0.717) is 0 Å². The molecular formula is C13H15NOS2. The van der Waals surface area contributed by atoms with Gasteiger partial charge in [-0.2, -0.15) is 11.3 Å². The molecular weight excluding hydrogens is 250 g/mol. The average Bonchev–Trinajstić information content (AvgIpc) is 2.81. The van der Waals surface area contributed by atoms with Gasteiger partial charge in [0.05, 0.1) is 16.7 Å². The fourth-order valence-corrected chi connectivity index (χ4v) is 4.18. The maximum absolute atomic E-state index is 10.2. The molecule has 1 aliphatic rings. The summed E-state index contributed by atoms with van der Waals surface area (Å²) in [6.45, 7) is 4.39. The van der Waals surface area contributed by atoms with Crippen molar-refractivity contribution in [3.05, 3.63) is 27.4 Å². The second-order valence-corrected chi connectivity index (χ2v) is 7.21. The molecule has 2 aromatic rings. The van der Waals surface area contributed by atoms with Crippen LogP contribution in [0.15, 0.2) is 16.8 Å². The van der Waals surface area contributed by atoms with Crippen LogP contribution in [0.2, 0.25) is 0 Å². The van der Waals surface area contributed by atoms with Gasteiger partial charge in [0.15, 0.2) is 0 Å². The van der Waals surface area contributed by atoms with E-state index in [-0.39, 0.29) is 11.5 Å². The topological polar surface area (TPSA) is 33.1 Å². The van der Waals surface area contributed by atoms with Crippen LogP contribution in [0, 0.1) is 5.41 Å². The van der Waals surface area contributed by atoms with E-state index in [9.17, 15) is 5.11 Å². The van der Waals surface area contributed by atoms with Gasteiger partial charge in [-0.15, -0.1) is 11.3 Å². The molecule has 0 radical (unpaired) electrons. The summed E-state index contributed by atoms with van der Waals surface area (Å²) in [6, 6.07) is 2.09. The molecule has 0 bridgehead atoms. The Balaban J connectivity index is 2.04. The average molecular weight is 265 g/mol. The van der Waals surface area contributed by atoms with Gasteiger partial charge in [-0.25, -0.2) is 4.98 Å². The first kappa shape index (κ1) is 11.4. The molecule has 17 heavy (non-hydrogen) atoms. The molecule has 2 heterocycles. The molecule has 0 saturated heterocycles. The quantitative estimate of drug-likeness (QED) is 0.849. The Hall–Kier alpha value is -0.710. The number of thiazole rings is 1. The van der Waals surface area contributed by atoms with Gasteiger partial charge in [0.2, 0.25) is 0 Å². The first-order valence-electron chi connectivity index (χ1n) is 5.75. The molecule has 0 aromatic carbocycles. The van der Waals surface area contributed by atoms with E-state index < -0.39 is 0 Å². The lowest BCUT2D eigenvalue weighted by Crippen LogP contribution is -2.24. The lowest BCUT2D eigenvalue weighted by molar-refractivity contribution is 0.102. The lowest BCUT2D eigenvalue weighted by atomic mass is 9.77. The summed E-state index contributed by atoms with van der Waals surface area (Å²) in [4.78, 5) is 5.78. The maximum atomic E-state index is 10.2. The highest BCUT2D eigenvalue weighted by Crippen LogP contribution is 2.44. The molecule has 1 unspecified atom stereocenters. The predicted octanol–water partition coefficient (Wildman–Crippen LogP) is 3.88. The van der Waals surface area contributed by atoms with Crippen LogP contribution in [0.3, 0.4) is 0 Å². The van der Waals surface area contributed by atoms with Crippen molar-refractivity contribution in [3.8, 4) is 10.6 Å². The van der Waals surface area contributed by atoms with Gasteiger partial charge in [-0.05, 0) is 29.7 Å². The third-order valence-electron chi connectivity index (χ3n) is 3.19. The van der Waals surface area contributed by atoms with Crippen molar-refractivity contribution >= 4 is 22.7 Å². The molecule has 0 aliphatic heterocycles. The zero-order chi connectivity index (χ0) is 12.0. The summed E-state index contributed by atoms with van der Waals surface area (Å²) in [6.07, 6.45) is 1.48. The molecule has 0 fully saturated rings. The van der Waals surface area contributed by atoms with E-state index in [1.165, 1.54) is 5.56 Å². The van der Waals surface area contributed by atoms with Crippen molar-refractivity contribution in [3.63, 3.8) is 0 Å². The molecule has 4 heteroatoms. The summed E-state index contributed by atoms with van der Waals surface area (Å²) in [5, 5.41) is 15.4. The van der Waals surface area contributed by atoms with E-state index in [2.05, 4.69) is 30.7 Å². The van der Waals surface area contributed by atoms with Crippen LogP contribution in [0.25, 0.3) is 10.6 Å². The van der Waals surface area contributed by atoms with Gasteiger partial charge in [-0.1, -0.05) is 13.8 Å². The third kappa shape index (κ3) is 2.05. The minimum atomic E-state index is -0.335. The number of fused-ring (bicyclic) bond motifs is 1. The summed E-state index contributed by atoms with van der Waals surface area (Å²) in [7, 11) is 0. The van der Waals surface area contributed by atoms with Crippen molar-refractivity contribution in [2.45, 2.75) is 32.8 Å². The molecule has 2 nitrogen and oxygen atoms in total. The SMILES string of the molecule is CC1(C)Cc2nc(-c3ccsc3)sc2C(O)C1. The van der Waals surface area contributed by atoms with Gasteiger partial charge in [0.1, 0.15) is 5.01 Å². The van der Waals surface area contributed by atoms with Gasteiger partial charge >= 0.3 is 0 Å². The number of aromatic nitrogens is 1. The van der Waals surface area contributed by atoms with E-state index in [4.69, 9.17) is 4.98 Å². The molecule has 90 valence electrons. The second-order valence-electron chi connectivity index (χ2n) is 5.40. The standard InChI is InChI=1S/C13H15NOS2/c1-13(2)5-9-11(10(15)6-13)17-12(14-9)8-3-4-16-7-8/h3-4,7,10,15H,5-6H2,1-2H3. The van der Waals surface area contributed by atoms with E-state index in [1.54, 1.807) is 22.7 Å². The number of thiophene rings is 1. The van der Waals surface area contributed by atoms with Gasteiger partial charge in [-0.3, -0.25) is 0 Å². The van der Waals surface area contributed by atoms with Crippen molar-refractivity contribution in [2.75, 3.05) is 0 Å². The van der Waals surface area contributed by atoms with Crippen LogP contribution < -0.4 is 0 Å². The molecule has 0 spiro atoms. The van der Waals surface area contributed by atoms with Gasteiger partial charge < -0.3 is 5.11 Å². The van der Waals surface area contributed by atoms with E-state index >= 15 is 0 Å². The van der Waals surface area contributed by atoms with Crippen molar-refractivity contribution in [1.82, 2.24) is 4.98 Å². The maximum Gasteiger partial charge on any atom is 0.124 e. The number of hydrogen-bond acceptors (Lipinski definition) is 4. The minimum Gasteiger partial charge on any atom is -0.387 e. The highest BCUT2D eigenvalue weighted by Gasteiger charge is 2.34. The van der Waals surface area contributed by atoms with Crippen molar-refractivity contribution in [2.24, 2.45) is 5.41 Å². The van der Waals surface area contributed by atoms with Crippen LogP contribution >= 0.6 is 22.7 Å². The monoisotopic (exact) mass is 265 g/mol. The van der Waals surface area contributed by atoms with Crippen LogP contribution in [-0.2, 0) is 6.42 Å². The molecule has 1 atom stereocenters. The Bertz CT molecular complexity index is 528. The van der Waals surface area contributed by atoms with Crippen molar-refractivity contribution in [1.29, 1.82) is 0 Å². The second kappa shape index (κ2) is 3.90. The lowest BCUT2D eigenvalue weighted by Gasteiger charge is -2.31. The van der Waals surface area contributed by atoms with Crippen LogP contribution in [-0.4, -0.2) is 10.1 Å². The summed E-state index contributed by atoms with van der Waals surface area (Å²) in [5.41, 5.74) is 2.44. The summed E-state index contributed by atoms with van der Waals surface area (Å²) >= 11 is 3.33. The molecule has 3 rings (SSSR count). The zero-order valence-electron chi connectivity index (χ0n) is 9.93. The fraction of sp³-hybridized carbons (Fsp3) is 0.462. The van der Waals surface area contributed by atoms with E-state index in [1.807, 2.05) is 0 Å². The van der Waals surface area contributed by atoms with Crippen molar-refractivity contribution < 1.29 is 5.11 Å². The van der Waals surface area contributed by atoms with Crippen LogP contribution in [0.4, 0.5) is 0 Å². The van der Waals surface area contributed by atoms with E-state index in [0.717, 1.165) is 28.4 Å². The fourth-order valence-electron chi connectivity index (χ4n) is 2.40. The van der Waals surface area contributed by atoms with Gasteiger partial charge in [0, 0.05) is 10.9 Å². The molecule has 1 aliphatic carbocycles. The normalized spacial score (nSPS) is 22.4. The van der Waals surface area contributed by atoms with Gasteiger partial charge in [0.25, 0.3) is 0 Å². The smallest absolute Gasteiger partial charge is 0.124 e. The number of aliphatic hydroxyl groups excluding tert-OH is 1. The number of hydrogen-bond donors (Lipinski definition) is 1. The molecule has 0 saturated carbocycles. The summed E-state index contributed by atoms with van der Waals surface area (Å²) in [5.74, 6) is 0. The van der Waals surface area contributed by atoms with Crippen LogP contribution in [0.1, 0.15) is 36.9 Å². The number of aliphatic hydroxyl groups is 1.